The predicted molar refractivity (Wildman–Crippen MR) is 87.8 cm³/mol. The predicted octanol–water partition coefficient (Wildman–Crippen LogP) is 3.79. The van der Waals surface area contributed by atoms with Crippen LogP contribution in [0.1, 0.15) is 34.8 Å². The number of aromatic carboxylic acids is 1. The molecule has 0 saturated carbocycles. The van der Waals surface area contributed by atoms with E-state index in [1.165, 1.54) is 12.3 Å². The van der Waals surface area contributed by atoms with Gasteiger partial charge in [0.25, 0.3) is 0 Å². The maximum Gasteiger partial charge on any atom is 0.339 e. The molecule has 26 heavy (non-hydrogen) atoms. The van der Waals surface area contributed by atoms with Crippen molar-refractivity contribution in [2.24, 2.45) is 0 Å². The molecule has 134 valence electrons. The van der Waals surface area contributed by atoms with Crippen molar-refractivity contribution in [1.29, 1.82) is 0 Å². The van der Waals surface area contributed by atoms with Crippen molar-refractivity contribution in [3.63, 3.8) is 0 Å². The number of anilines is 1. The summed E-state index contributed by atoms with van der Waals surface area (Å²) >= 11 is 0. The molecule has 1 aliphatic rings. The van der Waals surface area contributed by atoms with Gasteiger partial charge in [0.2, 0.25) is 0 Å². The van der Waals surface area contributed by atoms with Gasteiger partial charge < -0.3 is 10.0 Å². The Morgan fingerprint density at radius 3 is 2.81 bits per heavy atom. The van der Waals surface area contributed by atoms with Crippen LogP contribution in [-0.2, 0) is 0 Å². The van der Waals surface area contributed by atoms with E-state index < -0.39 is 29.5 Å². The number of carboxylic acids is 1. The van der Waals surface area contributed by atoms with Gasteiger partial charge >= 0.3 is 5.97 Å². The van der Waals surface area contributed by atoms with Crippen LogP contribution in [0, 0.1) is 17.5 Å². The maximum absolute atomic E-state index is 15.1. The average Bonchev–Trinajstić information content (AvgIpc) is 3.24. The van der Waals surface area contributed by atoms with Crippen molar-refractivity contribution in [2.75, 3.05) is 11.4 Å². The fourth-order valence-corrected chi connectivity index (χ4v) is 3.56. The second kappa shape index (κ2) is 6.05. The molecule has 2 aromatic heterocycles. The lowest BCUT2D eigenvalue weighted by atomic mass is 10.0. The van der Waals surface area contributed by atoms with E-state index in [-0.39, 0.29) is 22.3 Å². The van der Waals surface area contributed by atoms with Gasteiger partial charge in [-0.2, -0.15) is 5.10 Å². The zero-order valence-electron chi connectivity index (χ0n) is 13.5. The van der Waals surface area contributed by atoms with Crippen molar-refractivity contribution in [2.45, 2.75) is 18.9 Å². The molecule has 0 aliphatic carbocycles. The number of pyridine rings is 1. The van der Waals surface area contributed by atoms with Crippen LogP contribution in [0.3, 0.4) is 0 Å². The molecule has 0 spiro atoms. The molecule has 5 nitrogen and oxygen atoms in total. The quantitative estimate of drug-likeness (QED) is 0.771. The number of hydrogen-bond donors (Lipinski definition) is 1. The summed E-state index contributed by atoms with van der Waals surface area (Å²) in [6.45, 7) is 0.449. The maximum atomic E-state index is 15.1. The summed E-state index contributed by atoms with van der Waals surface area (Å²) in [6, 6.07) is 4.15. The Balaban J connectivity index is 1.83. The van der Waals surface area contributed by atoms with Gasteiger partial charge in [0.1, 0.15) is 22.7 Å². The lowest BCUT2D eigenvalue weighted by Crippen LogP contribution is -2.25. The highest BCUT2D eigenvalue weighted by Crippen LogP contribution is 2.39. The lowest BCUT2D eigenvalue weighted by molar-refractivity contribution is 0.0698. The van der Waals surface area contributed by atoms with Crippen molar-refractivity contribution in [1.82, 2.24) is 9.61 Å². The molecule has 8 heteroatoms. The third kappa shape index (κ3) is 2.49. The summed E-state index contributed by atoms with van der Waals surface area (Å²) in [5.41, 5.74) is -0.0993. The Morgan fingerprint density at radius 2 is 2.04 bits per heavy atom. The molecule has 1 atom stereocenters. The Bertz CT molecular complexity index is 1020. The zero-order chi connectivity index (χ0) is 18.4. The number of nitrogens with zero attached hydrogens (tertiary/aromatic N) is 3. The Hall–Kier alpha value is -3.03. The number of rotatable bonds is 3. The van der Waals surface area contributed by atoms with E-state index in [9.17, 15) is 18.7 Å². The fourth-order valence-electron chi connectivity index (χ4n) is 3.56. The fraction of sp³-hybridized carbons (Fsp3) is 0.222. The minimum atomic E-state index is -1.29. The Labute approximate surface area is 146 Å². The smallest absolute Gasteiger partial charge is 0.339 e. The van der Waals surface area contributed by atoms with E-state index in [0.29, 0.717) is 19.4 Å². The van der Waals surface area contributed by atoms with Gasteiger partial charge in [-0.3, -0.25) is 0 Å². The zero-order valence-corrected chi connectivity index (χ0v) is 13.5. The van der Waals surface area contributed by atoms with Crippen LogP contribution in [-0.4, -0.2) is 27.2 Å². The molecule has 0 bridgehead atoms. The number of benzene rings is 1. The number of aromatic nitrogens is 2. The highest BCUT2D eigenvalue weighted by molar-refractivity contribution is 5.96. The molecule has 1 saturated heterocycles. The third-order valence-corrected chi connectivity index (χ3v) is 4.71. The van der Waals surface area contributed by atoms with Gasteiger partial charge in [0.15, 0.2) is 5.82 Å². The number of halogens is 3. The van der Waals surface area contributed by atoms with Crippen LogP contribution in [0.4, 0.5) is 18.9 Å². The molecule has 1 aliphatic heterocycles. The summed E-state index contributed by atoms with van der Waals surface area (Å²) in [6.07, 6.45) is 3.75. The van der Waals surface area contributed by atoms with Gasteiger partial charge in [0, 0.05) is 18.3 Å². The molecular formula is C18H14F3N3O2. The van der Waals surface area contributed by atoms with Crippen LogP contribution in [0.2, 0.25) is 0 Å². The van der Waals surface area contributed by atoms with E-state index in [2.05, 4.69) is 5.10 Å². The molecule has 0 amide bonds. The molecular weight excluding hydrogens is 347 g/mol. The second-order valence-corrected chi connectivity index (χ2v) is 6.19. The van der Waals surface area contributed by atoms with E-state index >= 15 is 4.39 Å². The third-order valence-electron chi connectivity index (χ3n) is 4.71. The molecule has 1 aromatic carbocycles. The molecule has 1 N–H and O–H groups in total. The van der Waals surface area contributed by atoms with Crippen LogP contribution in [0.5, 0.6) is 0 Å². The van der Waals surface area contributed by atoms with E-state index in [1.54, 1.807) is 4.90 Å². The number of carboxylic acid groups (broad SMARTS) is 1. The second-order valence-electron chi connectivity index (χ2n) is 6.19. The first-order chi connectivity index (χ1) is 12.5. The van der Waals surface area contributed by atoms with E-state index in [0.717, 1.165) is 28.9 Å². The first kappa shape index (κ1) is 16.4. The van der Waals surface area contributed by atoms with Gasteiger partial charge in [-0.05, 0) is 37.1 Å². The lowest BCUT2D eigenvalue weighted by Gasteiger charge is -2.28. The molecule has 0 unspecified atom stereocenters. The largest absolute Gasteiger partial charge is 0.478 e. The Morgan fingerprint density at radius 1 is 1.23 bits per heavy atom. The van der Waals surface area contributed by atoms with Crippen LogP contribution in [0.25, 0.3) is 5.52 Å². The first-order valence-electron chi connectivity index (χ1n) is 8.08. The van der Waals surface area contributed by atoms with Gasteiger partial charge in [-0.25, -0.2) is 22.5 Å². The number of carbonyl (C=O) groups is 1. The van der Waals surface area contributed by atoms with Gasteiger partial charge in [0.05, 0.1) is 17.9 Å². The van der Waals surface area contributed by atoms with E-state index in [4.69, 9.17) is 0 Å². The standard InChI is InChI=1S/C18H14F3N3O2/c19-10-3-4-13(20)11(8-10)14-2-1-6-23(14)15-5-7-24-17(16(15)21)12(9-22-24)18(25)26/h3-5,7-9,14H,1-2,6H2,(H,25,26)/t14-/m1/s1. The monoisotopic (exact) mass is 361 g/mol. The molecule has 3 heterocycles. The van der Waals surface area contributed by atoms with E-state index in [1.807, 2.05) is 0 Å². The van der Waals surface area contributed by atoms with Crippen molar-refractivity contribution in [3.8, 4) is 0 Å². The first-order valence-corrected chi connectivity index (χ1v) is 8.08. The SMILES string of the molecule is O=C(O)c1cnn2ccc(N3CCC[C@@H]3c3cc(F)ccc3F)c(F)c12. The molecule has 3 aromatic rings. The molecule has 4 rings (SSSR count). The molecule has 0 radical (unpaired) electrons. The summed E-state index contributed by atoms with van der Waals surface area (Å²) < 4.78 is 44.0. The van der Waals surface area contributed by atoms with Crippen LogP contribution in [0.15, 0.2) is 36.7 Å². The summed E-state index contributed by atoms with van der Waals surface area (Å²) in [7, 11) is 0. The summed E-state index contributed by atoms with van der Waals surface area (Å²) in [5, 5.41) is 13.1. The number of fused-ring (bicyclic) bond motifs is 1. The van der Waals surface area contributed by atoms with Crippen molar-refractivity contribution in [3.05, 3.63) is 65.2 Å². The van der Waals surface area contributed by atoms with Crippen LogP contribution < -0.4 is 4.90 Å². The average molecular weight is 361 g/mol. The highest BCUT2D eigenvalue weighted by atomic mass is 19.1. The highest BCUT2D eigenvalue weighted by Gasteiger charge is 2.31. The van der Waals surface area contributed by atoms with Gasteiger partial charge in [-0.1, -0.05) is 0 Å². The summed E-state index contributed by atoms with van der Waals surface area (Å²) in [5.74, 6) is -3.15. The van der Waals surface area contributed by atoms with Crippen LogP contribution >= 0.6 is 0 Å². The molecule has 1 fully saturated rings. The normalized spacial score (nSPS) is 17.2. The van der Waals surface area contributed by atoms with Crippen molar-refractivity contribution < 1.29 is 23.1 Å². The minimum absolute atomic E-state index is 0.145. The number of hydrogen-bond acceptors (Lipinski definition) is 3. The van der Waals surface area contributed by atoms with Crippen molar-refractivity contribution >= 4 is 17.2 Å². The topological polar surface area (TPSA) is 57.8 Å². The Kier molecular flexibility index (Phi) is 3.82. The van der Waals surface area contributed by atoms with Gasteiger partial charge in [-0.15, -0.1) is 0 Å². The minimum Gasteiger partial charge on any atom is -0.478 e. The summed E-state index contributed by atoms with van der Waals surface area (Å²) in [4.78, 5) is 12.9.